The van der Waals surface area contributed by atoms with Gasteiger partial charge in [-0.25, -0.2) is 4.68 Å². The molecule has 0 saturated heterocycles. The molecule has 27 heavy (non-hydrogen) atoms. The van der Waals surface area contributed by atoms with E-state index in [0.717, 1.165) is 4.88 Å². The van der Waals surface area contributed by atoms with Crippen LogP contribution in [0.5, 0.6) is 0 Å². The van der Waals surface area contributed by atoms with Gasteiger partial charge in [-0.1, -0.05) is 17.7 Å². The van der Waals surface area contributed by atoms with Gasteiger partial charge >= 0.3 is 0 Å². The molecule has 0 aliphatic rings. The molecule has 1 aromatic carbocycles. The Morgan fingerprint density at radius 2 is 2.11 bits per heavy atom. The fourth-order valence-electron chi connectivity index (χ4n) is 2.38. The van der Waals surface area contributed by atoms with E-state index in [2.05, 4.69) is 10.4 Å². The van der Waals surface area contributed by atoms with Gasteiger partial charge in [-0.05, 0) is 29.6 Å². The van der Waals surface area contributed by atoms with Crippen molar-refractivity contribution < 1.29 is 9.72 Å². The number of carbonyl (C=O) groups excluding carboxylic acids is 1. The Morgan fingerprint density at radius 1 is 1.30 bits per heavy atom. The maximum atomic E-state index is 12.3. The van der Waals surface area contributed by atoms with E-state index in [1.165, 1.54) is 40.3 Å². The second kappa shape index (κ2) is 8.11. The summed E-state index contributed by atoms with van der Waals surface area (Å²) in [5.74, 6) is -0.647. The van der Waals surface area contributed by atoms with Crippen LogP contribution < -0.4 is 10.9 Å². The smallest absolute Gasteiger partial charge is 0.282 e. The number of benzene rings is 1. The average molecular weight is 405 g/mol. The first-order valence-corrected chi connectivity index (χ1v) is 9.05. The Bertz CT molecular complexity index is 1050. The molecule has 8 nitrogen and oxygen atoms in total. The summed E-state index contributed by atoms with van der Waals surface area (Å²) in [7, 11) is 0. The number of nitrogens with one attached hydrogen (secondary N) is 1. The number of carbonyl (C=O) groups is 1. The van der Waals surface area contributed by atoms with Gasteiger partial charge in [0.2, 0.25) is 0 Å². The summed E-state index contributed by atoms with van der Waals surface area (Å²) in [5, 5.41) is 20.0. The summed E-state index contributed by atoms with van der Waals surface area (Å²) in [6.07, 6.45) is 0. The maximum Gasteiger partial charge on any atom is 0.282 e. The highest BCUT2D eigenvalue weighted by molar-refractivity contribution is 7.13. The molecule has 1 amide bonds. The minimum atomic E-state index is -0.651. The summed E-state index contributed by atoms with van der Waals surface area (Å²) < 4.78 is 1.24. The first-order chi connectivity index (χ1) is 13.0. The van der Waals surface area contributed by atoms with Gasteiger partial charge in [-0.2, -0.15) is 5.10 Å². The number of nitrogens with zero attached hydrogens (tertiary/aromatic N) is 3. The van der Waals surface area contributed by atoms with Gasteiger partial charge in [0.05, 0.1) is 16.3 Å². The molecule has 1 N–H and O–H groups in total. The van der Waals surface area contributed by atoms with Crippen molar-refractivity contribution in [2.45, 2.75) is 6.54 Å². The zero-order valence-corrected chi connectivity index (χ0v) is 15.4. The predicted molar refractivity (Wildman–Crippen MR) is 102 cm³/mol. The molecule has 2 aromatic heterocycles. The van der Waals surface area contributed by atoms with Crippen LogP contribution in [0, 0.1) is 10.1 Å². The topological polar surface area (TPSA) is 107 Å². The van der Waals surface area contributed by atoms with Crippen LogP contribution in [-0.2, 0) is 6.54 Å². The monoisotopic (exact) mass is 404 g/mol. The third kappa shape index (κ3) is 4.39. The number of hydrogen-bond acceptors (Lipinski definition) is 6. The van der Waals surface area contributed by atoms with Crippen LogP contribution >= 0.6 is 22.9 Å². The first-order valence-electron chi connectivity index (χ1n) is 7.80. The Balaban J connectivity index is 1.71. The Labute approximate surface area is 162 Å². The van der Waals surface area contributed by atoms with Crippen molar-refractivity contribution in [3.8, 4) is 10.6 Å². The molecule has 2 heterocycles. The highest BCUT2D eigenvalue weighted by Crippen LogP contribution is 2.23. The Kier molecular flexibility index (Phi) is 5.63. The largest absolute Gasteiger partial charge is 0.350 e. The fraction of sp³-hybridized carbons (Fsp3) is 0.118. The zero-order chi connectivity index (χ0) is 19.4. The van der Waals surface area contributed by atoms with Gasteiger partial charge in [0.1, 0.15) is 11.3 Å². The molecule has 10 heteroatoms. The summed E-state index contributed by atoms with van der Waals surface area (Å²) in [4.78, 5) is 35.6. The van der Waals surface area contributed by atoms with E-state index in [1.54, 1.807) is 6.07 Å². The van der Waals surface area contributed by atoms with Crippen molar-refractivity contribution in [2.75, 3.05) is 6.54 Å². The summed E-state index contributed by atoms with van der Waals surface area (Å²) in [6, 6.07) is 10.6. The number of aromatic nitrogens is 2. The minimum absolute atomic E-state index is 0.0727. The van der Waals surface area contributed by atoms with Crippen molar-refractivity contribution in [3.05, 3.63) is 78.9 Å². The lowest BCUT2D eigenvalue weighted by Gasteiger charge is -2.08. The predicted octanol–water partition coefficient (Wildman–Crippen LogP) is 2.96. The van der Waals surface area contributed by atoms with Crippen LogP contribution in [0.25, 0.3) is 10.6 Å². The van der Waals surface area contributed by atoms with Crippen LogP contribution in [0.2, 0.25) is 5.02 Å². The third-order valence-corrected chi connectivity index (χ3v) is 4.78. The van der Waals surface area contributed by atoms with Gasteiger partial charge in [-0.15, -0.1) is 11.3 Å². The van der Waals surface area contributed by atoms with Gasteiger partial charge in [0.15, 0.2) is 0 Å². The van der Waals surface area contributed by atoms with E-state index in [4.69, 9.17) is 11.6 Å². The molecule has 0 unspecified atom stereocenters. The molecule has 0 spiro atoms. The maximum absolute atomic E-state index is 12.3. The molecule has 138 valence electrons. The van der Waals surface area contributed by atoms with Crippen LogP contribution in [0.4, 0.5) is 5.69 Å². The molecule has 0 radical (unpaired) electrons. The van der Waals surface area contributed by atoms with Gasteiger partial charge in [0.25, 0.3) is 17.2 Å². The fourth-order valence-corrected chi connectivity index (χ4v) is 3.25. The van der Waals surface area contributed by atoms with Gasteiger partial charge < -0.3 is 5.32 Å². The van der Waals surface area contributed by atoms with Crippen molar-refractivity contribution in [1.82, 2.24) is 15.1 Å². The lowest BCUT2D eigenvalue weighted by Crippen LogP contribution is -2.32. The van der Waals surface area contributed by atoms with Crippen molar-refractivity contribution in [1.29, 1.82) is 0 Å². The van der Waals surface area contributed by atoms with Gasteiger partial charge in [0, 0.05) is 23.7 Å². The van der Waals surface area contributed by atoms with E-state index < -0.39 is 10.8 Å². The zero-order valence-electron chi connectivity index (χ0n) is 13.8. The van der Waals surface area contributed by atoms with Crippen LogP contribution in [0.1, 0.15) is 10.4 Å². The number of halogens is 1. The number of thiophene rings is 1. The van der Waals surface area contributed by atoms with E-state index in [9.17, 15) is 19.7 Å². The molecule has 3 rings (SSSR count). The SMILES string of the molecule is O=C(NCCn1nc(-c2cccs2)ccc1=O)c1cc(Cl)ccc1[N+](=O)[O-]. The molecule has 3 aromatic rings. The molecule has 0 saturated carbocycles. The van der Waals surface area contributed by atoms with Crippen molar-refractivity contribution >= 4 is 34.5 Å². The summed E-state index contributed by atoms with van der Waals surface area (Å²) >= 11 is 7.32. The van der Waals surface area contributed by atoms with Gasteiger partial charge in [-0.3, -0.25) is 19.7 Å². The van der Waals surface area contributed by atoms with E-state index in [0.29, 0.717) is 5.69 Å². The quantitative estimate of drug-likeness (QED) is 0.502. The molecule has 0 fully saturated rings. The van der Waals surface area contributed by atoms with Crippen molar-refractivity contribution in [3.63, 3.8) is 0 Å². The first kappa shape index (κ1) is 18.7. The summed E-state index contributed by atoms with van der Waals surface area (Å²) in [5.41, 5.74) is -0.133. The van der Waals surface area contributed by atoms with E-state index in [-0.39, 0.29) is 34.9 Å². The second-order valence-corrected chi connectivity index (χ2v) is 6.82. The van der Waals surface area contributed by atoms with E-state index >= 15 is 0 Å². The standard InChI is InChI=1S/C17H13ClN4O4S/c18-11-3-5-14(22(25)26)12(10-11)17(24)19-7-8-21-16(23)6-4-13(20-21)15-2-1-9-27-15/h1-6,9-10H,7-8H2,(H,19,24). The van der Waals surface area contributed by atoms with Crippen LogP contribution in [0.3, 0.4) is 0 Å². The highest BCUT2D eigenvalue weighted by atomic mass is 35.5. The molecular weight excluding hydrogens is 392 g/mol. The number of nitro benzene ring substituents is 1. The number of amides is 1. The van der Waals surface area contributed by atoms with Crippen LogP contribution in [-0.4, -0.2) is 27.2 Å². The highest BCUT2D eigenvalue weighted by Gasteiger charge is 2.20. The lowest BCUT2D eigenvalue weighted by molar-refractivity contribution is -0.385. The molecular formula is C17H13ClN4O4S. The third-order valence-electron chi connectivity index (χ3n) is 3.65. The average Bonchev–Trinajstić information content (AvgIpc) is 3.17. The number of nitro groups is 1. The molecule has 0 bridgehead atoms. The Morgan fingerprint density at radius 3 is 2.81 bits per heavy atom. The lowest BCUT2D eigenvalue weighted by atomic mass is 10.1. The molecule has 0 atom stereocenters. The minimum Gasteiger partial charge on any atom is -0.350 e. The molecule has 0 aliphatic carbocycles. The Hall–Kier alpha value is -3.04. The summed E-state index contributed by atoms with van der Waals surface area (Å²) in [6.45, 7) is 0.196. The number of hydrogen-bond donors (Lipinski definition) is 1. The van der Waals surface area contributed by atoms with Crippen LogP contribution in [0.15, 0.2) is 52.6 Å². The molecule has 0 aliphatic heterocycles. The second-order valence-electron chi connectivity index (χ2n) is 5.43. The normalized spacial score (nSPS) is 10.6. The van der Waals surface area contributed by atoms with E-state index in [1.807, 2.05) is 17.5 Å². The number of rotatable bonds is 6. The van der Waals surface area contributed by atoms with Crippen molar-refractivity contribution in [2.24, 2.45) is 0 Å².